The number of aromatic nitrogens is 1. The molecule has 2 heterocycles. The van der Waals surface area contributed by atoms with Crippen LogP contribution in [-0.2, 0) is 4.79 Å². The molecule has 24 heavy (non-hydrogen) atoms. The zero-order valence-corrected chi connectivity index (χ0v) is 13.7. The molecule has 0 radical (unpaired) electrons. The van der Waals surface area contributed by atoms with E-state index >= 15 is 0 Å². The molecule has 0 spiro atoms. The first kappa shape index (κ1) is 16.7. The predicted octanol–water partition coefficient (Wildman–Crippen LogP) is 2.43. The Morgan fingerprint density at radius 1 is 1.46 bits per heavy atom. The maximum Gasteiger partial charge on any atom is 0.261 e. The van der Waals surface area contributed by atoms with Crippen molar-refractivity contribution < 1.29 is 13.9 Å². The molecular formula is C17H17ClFN3O2. The number of carbonyl (C=O) groups excluding carboxylic acids is 1. The summed E-state index contributed by atoms with van der Waals surface area (Å²) in [5.41, 5.74) is 0.970. The monoisotopic (exact) mass is 349 g/mol. The molecule has 0 bridgehead atoms. The minimum atomic E-state index is -0.447. The first-order valence-electron chi connectivity index (χ1n) is 7.63. The van der Waals surface area contributed by atoms with E-state index in [1.165, 1.54) is 12.1 Å². The number of halogens is 2. The van der Waals surface area contributed by atoms with Gasteiger partial charge in [0.05, 0.1) is 11.1 Å². The SMILES string of the molecule is O=C(COc1ccc(F)cc1Cl)N1CCNCC1c1cccnc1. The summed E-state index contributed by atoms with van der Waals surface area (Å²) in [6.07, 6.45) is 3.46. The van der Waals surface area contributed by atoms with Gasteiger partial charge in [-0.05, 0) is 29.8 Å². The molecule has 1 amide bonds. The van der Waals surface area contributed by atoms with E-state index in [2.05, 4.69) is 10.3 Å². The van der Waals surface area contributed by atoms with Gasteiger partial charge in [-0.15, -0.1) is 0 Å². The Bertz CT molecular complexity index is 714. The van der Waals surface area contributed by atoms with Crippen LogP contribution >= 0.6 is 11.6 Å². The highest BCUT2D eigenvalue weighted by molar-refractivity contribution is 6.32. The number of rotatable bonds is 4. The number of pyridine rings is 1. The fraction of sp³-hybridized carbons (Fsp3) is 0.294. The fourth-order valence-electron chi connectivity index (χ4n) is 2.69. The number of hydrogen-bond donors (Lipinski definition) is 1. The minimum Gasteiger partial charge on any atom is -0.482 e. The summed E-state index contributed by atoms with van der Waals surface area (Å²) in [5.74, 6) is -0.303. The molecule has 126 valence electrons. The lowest BCUT2D eigenvalue weighted by Gasteiger charge is -2.36. The normalized spacial score (nSPS) is 17.6. The summed E-state index contributed by atoms with van der Waals surface area (Å²) >= 11 is 5.92. The molecule has 1 aromatic heterocycles. The average Bonchev–Trinajstić information content (AvgIpc) is 2.61. The van der Waals surface area contributed by atoms with Crippen LogP contribution in [0.15, 0.2) is 42.7 Å². The van der Waals surface area contributed by atoms with Crippen LogP contribution in [0.4, 0.5) is 4.39 Å². The zero-order valence-electron chi connectivity index (χ0n) is 12.9. The van der Waals surface area contributed by atoms with Crippen molar-refractivity contribution in [2.75, 3.05) is 26.2 Å². The Morgan fingerprint density at radius 3 is 3.08 bits per heavy atom. The third kappa shape index (κ3) is 3.83. The summed E-state index contributed by atoms with van der Waals surface area (Å²) in [4.78, 5) is 18.5. The third-order valence-electron chi connectivity index (χ3n) is 3.88. The van der Waals surface area contributed by atoms with Gasteiger partial charge >= 0.3 is 0 Å². The molecule has 0 aliphatic carbocycles. The van der Waals surface area contributed by atoms with E-state index < -0.39 is 5.82 Å². The number of benzene rings is 1. The maximum atomic E-state index is 13.0. The van der Waals surface area contributed by atoms with Gasteiger partial charge in [0.25, 0.3) is 5.91 Å². The standard InChI is InChI=1S/C17H17ClFN3O2/c18-14-8-13(19)3-4-16(14)24-11-17(23)22-7-6-21-10-15(22)12-2-1-5-20-9-12/h1-5,8-9,15,21H,6-7,10-11H2. The maximum absolute atomic E-state index is 13.0. The van der Waals surface area contributed by atoms with Gasteiger partial charge in [-0.2, -0.15) is 0 Å². The number of nitrogens with one attached hydrogen (secondary N) is 1. The van der Waals surface area contributed by atoms with Crippen molar-refractivity contribution in [2.45, 2.75) is 6.04 Å². The van der Waals surface area contributed by atoms with Gasteiger partial charge in [0.15, 0.2) is 6.61 Å². The first-order chi connectivity index (χ1) is 11.6. The largest absolute Gasteiger partial charge is 0.482 e. The fourth-order valence-corrected chi connectivity index (χ4v) is 2.91. The molecular weight excluding hydrogens is 333 g/mol. The van der Waals surface area contributed by atoms with Crippen LogP contribution in [-0.4, -0.2) is 42.0 Å². The van der Waals surface area contributed by atoms with Crippen molar-refractivity contribution >= 4 is 17.5 Å². The van der Waals surface area contributed by atoms with Crippen LogP contribution in [0.3, 0.4) is 0 Å². The van der Waals surface area contributed by atoms with Crippen LogP contribution in [0.25, 0.3) is 0 Å². The first-order valence-corrected chi connectivity index (χ1v) is 8.01. The van der Waals surface area contributed by atoms with Crippen LogP contribution < -0.4 is 10.1 Å². The van der Waals surface area contributed by atoms with Crippen LogP contribution in [0.2, 0.25) is 5.02 Å². The smallest absolute Gasteiger partial charge is 0.261 e. The van der Waals surface area contributed by atoms with Crippen molar-refractivity contribution in [1.29, 1.82) is 0 Å². The van der Waals surface area contributed by atoms with Gasteiger partial charge in [0.2, 0.25) is 0 Å². The molecule has 1 aliphatic heterocycles. The second-order valence-corrected chi connectivity index (χ2v) is 5.86. The van der Waals surface area contributed by atoms with E-state index in [-0.39, 0.29) is 23.6 Å². The number of amides is 1. The topological polar surface area (TPSA) is 54.5 Å². The Morgan fingerprint density at radius 2 is 2.33 bits per heavy atom. The molecule has 1 unspecified atom stereocenters. The van der Waals surface area contributed by atoms with Gasteiger partial charge in [-0.3, -0.25) is 9.78 Å². The Balaban J connectivity index is 1.68. The molecule has 1 fully saturated rings. The molecule has 0 saturated carbocycles. The van der Waals surface area contributed by atoms with Gasteiger partial charge in [0.1, 0.15) is 11.6 Å². The molecule has 2 aromatic rings. The summed E-state index contributed by atoms with van der Waals surface area (Å²) in [5, 5.41) is 3.43. The van der Waals surface area contributed by atoms with Crippen molar-refractivity contribution in [2.24, 2.45) is 0 Å². The lowest BCUT2D eigenvalue weighted by Crippen LogP contribution is -2.50. The van der Waals surface area contributed by atoms with Gasteiger partial charge in [-0.25, -0.2) is 4.39 Å². The highest BCUT2D eigenvalue weighted by Gasteiger charge is 2.28. The molecule has 5 nitrogen and oxygen atoms in total. The van der Waals surface area contributed by atoms with E-state index in [4.69, 9.17) is 16.3 Å². The minimum absolute atomic E-state index is 0.0905. The van der Waals surface area contributed by atoms with Gasteiger partial charge in [-0.1, -0.05) is 17.7 Å². The highest BCUT2D eigenvalue weighted by Crippen LogP contribution is 2.26. The Hall–Kier alpha value is -2.18. The van der Waals surface area contributed by atoms with Gasteiger partial charge in [0, 0.05) is 32.0 Å². The van der Waals surface area contributed by atoms with E-state index in [1.54, 1.807) is 17.3 Å². The van der Waals surface area contributed by atoms with Crippen molar-refractivity contribution in [1.82, 2.24) is 15.2 Å². The summed E-state index contributed by atoms with van der Waals surface area (Å²) in [6, 6.07) is 7.53. The molecule has 1 aliphatic rings. The Kier molecular flexibility index (Phi) is 5.27. The average molecular weight is 350 g/mol. The molecule has 7 heteroatoms. The van der Waals surface area contributed by atoms with Crippen LogP contribution in [0.1, 0.15) is 11.6 Å². The molecule has 1 aromatic carbocycles. The Labute approximate surface area is 144 Å². The molecule has 1 atom stereocenters. The number of carbonyl (C=O) groups is 1. The zero-order chi connectivity index (χ0) is 16.9. The second kappa shape index (κ2) is 7.59. The van der Waals surface area contributed by atoms with Crippen molar-refractivity contribution in [3.05, 3.63) is 59.1 Å². The van der Waals surface area contributed by atoms with E-state index in [0.29, 0.717) is 18.8 Å². The number of hydrogen-bond acceptors (Lipinski definition) is 4. The van der Waals surface area contributed by atoms with Gasteiger partial charge < -0.3 is 15.0 Å². The highest BCUT2D eigenvalue weighted by atomic mass is 35.5. The van der Waals surface area contributed by atoms with Crippen LogP contribution in [0.5, 0.6) is 5.75 Å². The predicted molar refractivity (Wildman–Crippen MR) is 88.5 cm³/mol. The molecule has 1 N–H and O–H groups in total. The lowest BCUT2D eigenvalue weighted by molar-refractivity contribution is -0.136. The van der Waals surface area contributed by atoms with Crippen LogP contribution in [0, 0.1) is 5.82 Å². The molecule has 3 rings (SSSR count). The van der Waals surface area contributed by atoms with Crippen molar-refractivity contribution in [3.8, 4) is 5.75 Å². The third-order valence-corrected chi connectivity index (χ3v) is 4.17. The van der Waals surface area contributed by atoms with Crippen molar-refractivity contribution in [3.63, 3.8) is 0 Å². The number of nitrogens with zero attached hydrogens (tertiary/aromatic N) is 2. The van der Waals surface area contributed by atoms with E-state index in [9.17, 15) is 9.18 Å². The lowest BCUT2D eigenvalue weighted by atomic mass is 10.1. The summed E-state index contributed by atoms with van der Waals surface area (Å²) in [7, 11) is 0. The number of ether oxygens (including phenoxy) is 1. The van der Waals surface area contributed by atoms with E-state index in [1.807, 2.05) is 12.1 Å². The number of piperazine rings is 1. The quantitative estimate of drug-likeness (QED) is 0.921. The molecule has 1 saturated heterocycles. The summed E-state index contributed by atoms with van der Waals surface area (Å²) in [6.45, 7) is 1.82. The second-order valence-electron chi connectivity index (χ2n) is 5.46. The van der Waals surface area contributed by atoms with E-state index in [0.717, 1.165) is 18.2 Å². The summed E-state index contributed by atoms with van der Waals surface area (Å²) < 4.78 is 18.5.